The fourth-order valence-electron chi connectivity index (χ4n) is 3.65. The van der Waals surface area contributed by atoms with Crippen LogP contribution in [0.1, 0.15) is 43.2 Å². The maximum absolute atomic E-state index is 11.5. The third-order valence-corrected chi connectivity index (χ3v) is 6.99. The first-order valence-electron chi connectivity index (χ1n) is 9.86. The van der Waals surface area contributed by atoms with Gasteiger partial charge in [-0.15, -0.1) is 0 Å². The minimum absolute atomic E-state index is 0.391. The van der Waals surface area contributed by atoms with Crippen LogP contribution in [0.25, 0.3) is 0 Å². The highest BCUT2D eigenvalue weighted by Gasteiger charge is 2.21. The lowest BCUT2D eigenvalue weighted by molar-refractivity contribution is 0.367. The van der Waals surface area contributed by atoms with E-state index in [2.05, 4.69) is 14.9 Å². The summed E-state index contributed by atoms with van der Waals surface area (Å²) in [5.41, 5.74) is 2.11. The number of benzene rings is 1. The van der Waals surface area contributed by atoms with Crippen LogP contribution in [-0.4, -0.2) is 37.7 Å². The van der Waals surface area contributed by atoms with E-state index < -0.39 is 9.84 Å². The predicted octanol–water partition coefficient (Wildman–Crippen LogP) is 4.47. The van der Waals surface area contributed by atoms with Crippen LogP contribution in [-0.2, 0) is 16.3 Å². The topological polar surface area (TPSA) is 63.2 Å². The molecule has 0 amide bonds. The molecule has 2 heterocycles. The van der Waals surface area contributed by atoms with E-state index >= 15 is 0 Å². The molecular weight excluding hydrogens is 394 g/mol. The molecule has 1 aromatic carbocycles. The average Bonchev–Trinajstić information content (AvgIpc) is 2.68. The van der Waals surface area contributed by atoms with E-state index in [4.69, 9.17) is 11.6 Å². The first kappa shape index (κ1) is 21.1. The van der Waals surface area contributed by atoms with E-state index in [0.29, 0.717) is 10.0 Å². The van der Waals surface area contributed by atoms with E-state index in [1.165, 1.54) is 24.7 Å². The Morgan fingerprint density at radius 2 is 1.82 bits per heavy atom. The van der Waals surface area contributed by atoms with Crippen molar-refractivity contribution in [3.63, 3.8) is 0 Å². The molecule has 28 heavy (non-hydrogen) atoms. The van der Waals surface area contributed by atoms with Crippen molar-refractivity contribution in [3.05, 3.63) is 46.7 Å². The number of hydrogen-bond donors (Lipinski definition) is 0. The highest BCUT2D eigenvalue weighted by molar-refractivity contribution is 7.90. The van der Waals surface area contributed by atoms with Gasteiger partial charge in [-0.25, -0.2) is 18.4 Å². The van der Waals surface area contributed by atoms with Gasteiger partial charge in [0.25, 0.3) is 0 Å². The van der Waals surface area contributed by atoms with Gasteiger partial charge in [0, 0.05) is 31.1 Å². The number of hydrogen-bond acceptors (Lipinski definition) is 5. The second-order valence-corrected chi connectivity index (χ2v) is 10.1. The second-order valence-electron chi connectivity index (χ2n) is 7.74. The van der Waals surface area contributed by atoms with Crippen molar-refractivity contribution in [3.8, 4) is 0 Å². The smallest absolute Gasteiger partial charge is 0.226 e. The highest BCUT2D eigenvalue weighted by Crippen LogP contribution is 2.26. The van der Waals surface area contributed by atoms with Crippen LogP contribution in [0.3, 0.4) is 0 Å². The first-order valence-corrected chi connectivity index (χ1v) is 12.1. The fraction of sp³-hybridized carbons (Fsp3) is 0.524. The summed E-state index contributed by atoms with van der Waals surface area (Å²) >= 11 is 6.12. The molecule has 0 spiro atoms. The van der Waals surface area contributed by atoms with Crippen molar-refractivity contribution >= 4 is 27.4 Å². The molecule has 0 bridgehead atoms. The first-order chi connectivity index (χ1) is 13.3. The lowest BCUT2D eigenvalue weighted by atomic mass is 9.91. The standard InChI is InChI=1S/C21H28ClN3O2S/c1-16-15-23-21(24-20(16)22)25-13-11-18(12-14-25)6-4-3-5-17-7-9-19(10-8-17)28(2,26)27/h7-10,15,18H,3-6,11-14H2,1-2H3. The SMILES string of the molecule is Cc1cnc(N2CCC(CCCCc3ccc(S(C)(=O)=O)cc3)CC2)nc1Cl. The van der Waals surface area contributed by atoms with Gasteiger partial charge < -0.3 is 4.90 Å². The largest absolute Gasteiger partial charge is 0.341 e. The normalized spacial score (nSPS) is 15.8. The lowest BCUT2D eigenvalue weighted by Crippen LogP contribution is -2.34. The van der Waals surface area contributed by atoms with Crippen molar-refractivity contribution in [2.75, 3.05) is 24.2 Å². The van der Waals surface area contributed by atoms with E-state index in [1.54, 1.807) is 18.3 Å². The molecule has 1 fully saturated rings. The zero-order valence-electron chi connectivity index (χ0n) is 16.6. The lowest BCUT2D eigenvalue weighted by Gasteiger charge is -2.32. The molecule has 0 aliphatic carbocycles. The molecule has 1 saturated heterocycles. The number of sulfone groups is 1. The number of halogens is 1. The Morgan fingerprint density at radius 3 is 2.43 bits per heavy atom. The zero-order chi connectivity index (χ0) is 20.1. The van der Waals surface area contributed by atoms with Gasteiger partial charge >= 0.3 is 0 Å². The van der Waals surface area contributed by atoms with Crippen LogP contribution in [0, 0.1) is 12.8 Å². The molecule has 1 aromatic heterocycles. The van der Waals surface area contributed by atoms with Crippen LogP contribution in [0.15, 0.2) is 35.4 Å². The van der Waals surface area contributed by atoms with Crippen LogP contribution in [0.4, 0.5) is 5.95 Å². The molecule has 0 radical (unpaired) electrons. The molecule has 5 nitrogen and oxygen atoms in total. The predicted molar refractivity (Wildman–Crippen MR) is 114 cm³/mol. The van der Waals surface area contributed by atoms with Crippen molar-refractivity contribution < 1.29 is 8.42 Å². The van der Waals surface area contributed by atoms with Crippen LogP contribution in [0.2, 0.25) is 5.15 Å². The van der Waals surface area contributed by atoms with E-state index in [0.717, 1.165) is 56.2 Å². The number of piperidine rings is 1. The van der Waals surface area contributed by atoms with Crippen LogP contribution >= 0.6 is 11.6 Å². The molecule has 0 unspecified atom stereocenters. The van der Waals surface area contributed by atoms with E-state index in [9.17, 15) is 8.42 Å². The summed E-state index contributed by atoms with van der Waals surface area (Å²) in [6.07, 6.45) is 9.94. The summed E-state index contributed by atoms with van der Waals surface area (Å²) < 4.78 is 23.0. The summed E-state index contributed by atoms with van der Waals surface area (Å²) in [4.78, 5) is 11.4. The van der Waals surface area contributed by atoms with Gasteiger partial charge in [0.1, 0.15) is 5.15 Å². The van der Waals surface area contributed by atoms with Gasteiger partial charge in [-0.1, -0.05) is 36.6 Å². The number of rotatable bonds is 7. The molecule has 1 aliphatic rings. The van der Waals surface area contributed by atoms with Gasteiger partial charge in [-0.3, -0.25) is 0 Å². The number of anilines is 1. The Hall–Kier alpha value is -1.66. The van der Waals surface area contributed by atoms with Gasteiger partial charge in [0.15, 0.2) is 9.84 Å². The zero-order valence-corrected chi connectivity index (χ0v) is 18.1. The summed E-state index contributed by atoms with van der Waals surface area (Å²) in [5, 5.41) is 0.539. The number of aromatic nitrogens is 2. The van der Waals surface area contributed by atoms with Crippen molar-refractivity contribution in [2.24, 2.45) is 5.92 Å². The Kier molecular flexibility index (Phi) is 6.94. The molecule has 1 aliphatic heterocycles. The second kappa shape index (κ2) is 9.23. The third kappa shape index (κ3) is 5.67. The Bertz CT molecular complexity index is 892. The van der Waals surface area contributed by atoms with Crippen LogP contribution in [0.5, 0.6) is 0 Å². The summed E-state index contributed by atoms with van der Waals surface area (Å²) in [6.45, 7) is 3.88. The Balaban J connectivity index is 1.38. The van der Waals surface area contributed by atoms with Crippen molar-refractivity contribution in [1.82, 2.24) is 9.97 Å². The minimum atomic E-state index is -3.11. The maximum atomic E-state index is 11.5. The summed E-state index contributed by atoms with van der Waals surface area (Å²) in [7, 11) is -3.11. The van der Waals surface area contributed by atoms with Gasteiger partial charge in [-0.2, -0.15) is 0 Å². The van der Waals surface area contributed by atoms with Crippen LogP contribution < -0.4 is 4.90 Å². The average molecular weight is 422 g/mol. The maximum Gasteiger partial charge on any atom is 0.226 e. The molecule has 0 atom stereocenters. The van der Waals surface area contributed by atoms with Gasteiger partial charge in [0.2, 0.25) is 5.95 Å². The summed E-state index contributed by atoms with van der Waals surface area (Å²) in [5.74, 6) is 1.50. The molecule has 0 N–H and O–H groups in total. The van der Waals surface area contributed by atoms with Gasteiger partial charge in [0.05, 0.1) is 4.90 Å². The molecular formula is C21H28ClN3O2S. The molecule has 152 valence electrons. The highest BCUT2D eigenvalue weighted by atomic mass is 35.5. The molecule has 3 rings (SSSR count). The molecule has 0 saturated carbocycles. The quantitative estimate of drug-likeness (QED) is 0.487. The minimum Gasteiger partial charge on any atom is -0.341 e. The Morgan fingerprint density at radius 1 is 1.14 bits per heavy atom. The third-order valence-electron chi connectivity index (χ3n) is 5.47. The fourth-order valence-corrected chi connectivity index (χ4v) is 4.41. The van der Waals surface area contributed by atoms with E-state index in [1.807, 2.05) is 19.1 Å². The number of nitrogens with zero attached hydrogens (tertiary/aromatic N) is 3. The number of aryl methyl sites for hydroxylation is 2. The van der Waals surface area contributed by atoms with Gasteiger partial charge in [-0.05, 0) is 56.2 Å². The molecule has 7 heteroatoms. The number of unbranched alkanes of at least 4 members (excludes halogenated alkanes) is 1. The molecule has 2 aromatic rings. The summed E-state index contributed by atoms with van der Waals surface area (Å²) in [6, 6.07) is 7.28. The Labute approximate surface area is 173 Å². The van der Waals surface area contributed by atoms with Crippen molar-refractivity contribution in [1.29, 1.82) is 0 Å². The monoisotopic (exact) mass is 421 g/mol. The van der Waals surface area contributed by atoms with Crippen molar-refractivity contribution in [2.45, 2.75) is 50.3 Å². The van der Waals surface area contributed by atoms with E-state index in [-0.39, 0.29) is 0 Å².